The van der Waals surface area contributed by atoms with E-state index in [2.05, 4.69) is 98.8 Å². The summed E-state index contributed by atoms with van der Waals surface area (Å²) < 4.78 is 5.59. The van der Waals surface area contributed by atoms with Gasteiger partial charge in [0, 0.05) is 39.7 Å². The van der Waals surface area contributed by atoms with E-state index in [9.17, 15) is 0 Å². The average Bonchev–Trinajstić information content (AvgIpc) is 3.64. The first-order valence-corrected chi connectivity index (χ1v) is 14.9. The fourth-order valence-electron chi connectivity index (χ4n) is 4.20. The van der Waals surface area contributed by atoms with Crippen molar-refractivity contribution >= 4 is 99.2 Å². The van der Waals surface area contributed by atoms with Crippen LogP contribution >= 0.6 is 45.3 Å². The minimum Gasteiger partial charge on any atom is -0.141 e. The van der Waals surface area contributed by atoms with Gasteiger partial charge in [-0.3, -0.25) is 0 Å². The lowest BCUT2D eigenvalue weighted by Crippen LogP contribution is -1.71. The van der Waals surface area contributed by atoms with Crippen molar-refractivity contribution in [2.24, 2.45) is 0 Å². The molecule has 0 saturated carbocycles. The fraction of sp³-hybridized carbons (Fsp3) is 0.133. The molecule has 0 N–H and O–H groups in total. The Morgan fingerprint density at radius 3 is 1.41 bits per heavy atom. The first-order valence-electron chi connectivity index (χ1n) is 11.6. The zero-order chi connectivity index (χ0) is 23.1. The number of thiophene rings is 4. The molecule has 4 heteroatoms. The standard InChI is InChI=1S/C30H24S4/c1-3-21-11-13-23(31-21)9-5-19-7-15-25-27(17-19)33-30-26-16-8-20(18-28(26)34-29(25)30)6-10-24-14-12-22(4-2)32-24/h5-18H,3-4H2,1-2H3/b9-5+,10-6+. The van der Waals surface area contributed by atoms with Gasteiger partial charge >= 0.3 is 0 Å². The van der Waals surface area contributed by atoms with Crippen LogP contribution in [0.1, 0.15) is 44.5 Å². The molecule has 0 saturated heterocycles. The van der Waals surface area contributed by atoms with E-state index in [1.807, 2.05) is 45.3 Å². The van der Waals surface area contributed by atoms with Gasteiger partial charge in [0.1, 0.15) is 0 Å². The number of fused-ring (bicyclic) bond motifs is 5. The predicted octanol–water partition coefficient (Wildman–Crippen LogP) is 10.9. The van der Waals surface area contributed by atoms with Crippen LogP contribution in [0.25, 0.3) is 53.9 Å². The van der Waals surface area contributed by atoms with Crippen LogP contribution < -0.4 is 0 Å². The molecule has 0 atom stereocenters. The molecule has 0 spiro atoms. The molecule has 6 aromatic rings. The van der Waals surface area contributed by atoms with Crippen LogP contribution in [0.3, 0.4) is 0 Å². The van der Waals surface area contributed by atoms with Gasteiger partial charge in [0.2, 0.25) is 0 Å². The Balaban J connectivity index is 1.30. The summed E-state index contributed by atoms with van der Waals surface area (Å²) in [6, 6.07) is 22.7. The molecule has 0 bridgehead atoms. The maximum atomic E-state index is 2.34. The number of aryl methyl sites for hydroxylation is 2. The lowest BCUT2D eigenvalue weighted by atomic mass is 10.1. The molecule has 0 nitrogen and oxygen atoms in total. The van der Waals surface area contributed by atoms with Crippen LogP contribution in [-0.4, -0.2) is 0 Å². The van der Waals surface area contributed by atoms with Crippen LogP contribution in [0.2, 0.25) is 0 Å². The second-order valence-electron chi connectivity index (χ2n) is 8.36. The number of hydrogen-bond donors (Lipinski definition) is 0. The number of benzene rings is 2. The van der Waals surface area contributed by atoms with E-state index >= 15 is 0 Å². The van der Waals surface area contributed by atoms with Crippen LogP contribution in [-0.2, 0) is 12.8 Å². The van der Waals surface area contributed by atoms with Gasteiger partial charge in [0.05, 0.1) is 9.40 Å². The normalized spacial score (nSPS) is 12.4. The van der Waals surface area contributed by atoms with Crippen molar-refractivity contribution in [1.82, 2.24) is 0 Å². The van der Waals surface area contributed by atoms with Crippen molar-refractivity contribution in [2.45, 2.75) is 26.7 Å². The van der Waals surface area contributed by atoms with Gasteiger partial charge in [-0.25, -0.2) is 0 Å². The van der Waals surface area contributed by atoms with Crippen LogP contribution in [0.15, 0.2) is 60.7 Å². The Labute approximate surface area is 216 Å². The molecule has 0 amide bonds. The first-order chi connectivity index (χ1) is 16.7. The van der Waals surface area contributed by atoms with Crippen LogP contribution in [0.4, 0.5) is 0 Å². The van der Waals surface area contributed by atoms with Crippen molar-refractivity contribution in [3.05, 3.63) is 91.3 Å². The summed E-state index contributed by atoms with van der Waals surface area (Å²) in [5.74, 6) is 0. The molecule has 2 aromatic carbocycles. The molecule has 34 heavy (non-hydrogen) atoms. The van der Waals surface area contributed by atoms with E-state index in [0.717, 1.165) is 12.8 Å². The van der Waals surface area contributed by atoms with Gasteiger partial charge in [-0.2, -0.15) is 0 Å². The van der Waals surface area contributed by atoms with Gasteiger partial charge in [-0.1, -0.05) is 50.3 Å². The summed E-state index contributed by atoms with van der Waals surface area (Å²) in [4.78, 5) is 5.53. The Hall–Kier alpha value is -2.50. The highest BCUT2D eigenvalue weighted by Gasteiger charge is 2.12. The maximum Gasteiger partial charge on any atom is 0.0542 e. The van der Waals surface area contributed by atoms with E-state index in [-0.39, 0.29) is 0 Å². The molecule has 168 valence electrons. The van der Waals surface area contributed by atoms with Crippen LogP contribution in [0.5, 0.6) is 0 Å². The summed E-state index contributed by atoms with van der Waals surface area (Å²) in [6.07, 6.45) is 11.2. The maximum absolute atomic E-state index is 2.34. The van der Waals surface area contributed by atoms with Gasteiger partial charge < -0.3 is 0 Å². The van der Waals surface area contributed by atoms with E-state index in [4.69, 9.17) is 0 Å². The Morgan fingerprint density at radius 1 is 0.529 bits per heavy atom. The Morgan fingerprint density at radius 2 is 1.00 bits per heavy atom. The van der Waals surface area contributed by atoms with Crippen molar-refractivity contribution < 1.29 is 0 Å². The summed E-state index contributed by atoms with van der Waals surface area (Å²) in [7, 11) is 0. The molecule has 0 aliphatic carbocycles. The third kappa shape index (κ3) is 4.20. The summed E-state index contributed by atoms with van der Waals surface area (Å²) in [5, 5.41) is 2.76. The second-order valence-corrected chi connectivity index (χ2v) is 12.9. The molecule has 6 rings (SSSR count). The molecule has 0 radical (unpaired) electrons. The van der Waals surface area contributed by atoms with Crippen LogP contribution in [0, 0.1) is 0 Å². The molecule has 0 aliphatic heterocycles. The lowest BCUT2D eigenvalue weighted by molar-refractivity contribution is 1.19. The average molecular weight is 513 g/mol. The van der Waals surface area contributed by atoms with Crippen molar-refractivity contribution in [3.63, 3.8) is 0 Å². The SMILES string of the molecule is CCc1ccc(/C=C/c2ccc3c(c2)sc2c4ccc(/C=C/c5ccc(CC)s5)cc4sc32)s1. The molecular formula is C30H24S4. The van der Waals surface area contributed by atoms with Gasteiger partial charge in [-0.05, 0) is 72.5 Å². The van der Waals surface area contributed by atoms with Crippen molar-refractivity contribution in [3.8, 4) is 0 Å². The lowest BCUT2D eigenvalue weighted by Gasteiger charge is -1.96. The Kier molecular flexibility index (Phi) is 6.00. The second kappa shape index (κ2) is 9.27. The minimum absolute atomic E-state index is 1.11. The van der Waals surface area contributed by atoms with Gasteiger partial charge in [-0.15, -0.1) is 45.3 Å². The van der Waals surface area contributed by atoms with Crippen molar-refractivity contribution in [1.29, 1.82) is 0 Å². The number of rotatable bonds is 6. The summed E-state index contributed by atoms with van der Waals surface area (Å²) >= 11 is 7.61. The molecule has 0 fully saturated rings. The van der Waals surface area contributed by atoms with Crippen molar-refractivity contribution in [2.75, 3.05) is 0 Å². The highest BCUT2D eigenvalue weighted by molar-refractivity contribution is 7.36. The zero-order valence-electron chi connectivity index (χ0n) is 19.1. The quantitative estimate of drug-likeness (QED) is 0.208. The third-order valence-electron chi connectivity index (χ3n) is 6.07. The summed E-state index contributed by atoms with van der Waals surface area (Å²) in [5.41, 5.74) is 2.54. The minimum atomic E-state index is 1.11. The first kappa shape index (κ1) is 22.0. The largest absolute Gasteiger partial charge is 0.141 e. The predicted molar refractivity (Wildman–Crippen MR) is 160 cm³/mol. The smallest absolute Gasteiger partial charge is 0.0542 e. The zero-order valence-corrected chi connectivity index (χ0v) is 22.4. The van der Waals surface area contributed by atoms with E-state index in [1.165, 1.54) is 60.2 Å². The molecule has 0 aliphatic rings. The molecular weight excluding hydrogens is 489 g/mol. The van der Waals surface area contributed by atoms with E-state index in [0.29, 0.717) is 0 Å². The van der Waals surface area contributed by atoms with Gasteiger partial charge in [0.15, 0.2) is 0 Å². The van der Waals surface area contributed by atoms with Gasteiger partial charge in [0.25, 0.3) is 0 Å². The fourth-order valence-corrected chi connectivity index (χ4v) is 8.66. The topological polar surface area (TPSA) is 0 Å². The Bertz CT molecular complexity index is 1550. The molecule has 0 unspecified atom stereocenters. The molecule has 4 heterocycles. The molecule has 4 aromatic heterocycles. The summed E-state index contributed by atoms with van der Waals surface area (Å²) in [6.45, 7) is 4.42. The van der Waals surface area contributed by atoms with E-state index < -0.39 is 0 Å². The monoisotopic (exact) mass is 512 g/mol. The highest BCUT2D eigenvalue weighted by Crippen LogP contribution is 2.44. The third-order valence-corrected chi connectivity index (χ3v) is 11.0. The number of hydrogen-bond acceptors (Lipinski definition) is 4. The highest BCUT2D eigenvalue weighted by atomic mass is 32.1. The van der Waals surface area contributed by atoms with E-state index in [1.54, 1.807) is 0 Å².